The normalized spacial score (nSPS) is 15.8. The number of carboxylic acids is 1. The number of hydrogen-bond donors (Lipinski definition) is 1. The van der Waals surface area contributed by atoms with Crippen LogP contribution in [0.25, 0.3) is 6.08 Å². The van der Waals surface area contributed by atoms with Crippen LogP contribution < -0.4 is 9.47 Å². The van der Waals surface area contributed by atoms with E-state index < -0.39 is 12.1 Å². The second-order valence-corrected chi connectivity index (χ2v) is 5.68. The molecule has 1 aliphatic rings. The van der Waals surface area contributed by atoms with Crippen molar-refractivity contribution in [3.05, 3.63) is 64.4 Å². The highest BCUT2D eigenvalue weighted by atomic mass is 35.5. The highest BCUT2D eigenvalue weighted by molar-refractivity contribution is 6.30. The van der Waals surface area contributed by atoms with Gasteiger partial charge < -0.3 is 14.6 Å². The number of halogens is 1. The Hall–Kier alpha value is -2.79. The highest BCUT2D eigenvalue weighted by Gasteiger charge is 2.28. The van der Waals surface area contributed by atoms with Crippen molar-refractivity contribution in [3.8, 4) is 11.5 Å². The van der Waals surface area contributed by atoms with E-state index in [0.29, 0.717) is 22.1 Å². The number of hydrogen-bond acceptors (Lipinski definition) is 4. The number of carbonyl (C=O) groups excluding carboxylic acids is 1. The maximum Gasteiger partial charge on any atom is 0.344 e. The van der Waals surface area contributed by atoms with Gasteiger partial charge in [-0.15, -0.1) is 0 Å². The van der Waals surface area contributed by atoms with Gasteiger partial charge in [-0.05, 0) is 42.8 Å². The molecule has 0 amide bonds. The number of benzene rings is 2. The van der Waals surface area contributed by atoms with Gasteiger partial charge >= 0.3 is 5.97 Å². The van der Waals surface area contributed by atoms with Gasteiger partial charge in [-0.1, -0.05) is 23.7 Å². The molecule has 122 valence electrons. The predicted molar refractivity (Wildman–Crippen MR) is 88.6 cm³/mol. The second-order valence-electron chi connectivity index (χ2n) is 5.25. The molecule has 0 aromatic heterocycles. The quantitative estimate of drug-likeness (QED) is 0.854. The number of fused-ring (bicyclic) bond motifs is 1. The lowest BCUT2D eigenvalue weighted by Crippen LogP contribution is -2.22. The number of allylic oxidation sites excluding steroid dienone is 1. The van der Waals surface area contributed by atoms with E-state index >= 15 is 0 Å². The van der Waals surface area contributed by atoms with Gasteiger partial charge in [-0.3, -0.25) is 4.79 Å². The molecule has 0 radical (unpaired) electrons. The molecule has 0 aliphatic carbocycles. The Balaban J connectivity index is 1.84. The van der Waals surface area contributed by atoms with E-state index in [1.54, 1.807) is 42.5 Å². The summed E-state index contributed by atoms with van der Waals surface area (Å²) in [6.45, 7) is 1.42. The van der Waals surface area contributed by atoms with Crippen LogP contribution in [0.15, 0.2) is 48.2 Å². The Bertz CT molecular complexity index is 839. The predicted octanol–water partition coefficient (Wildman–Crippen LogP) is 3.81. The zero-order valence-electron chi connectivity index (χ0n) is 12.7. The summed E-state index contributed by atoms with van der Waals surface area (Å²) in [5.41, 5.74) is 1.19. The minimum absolute atomic E-state index is 0.191. The third-order valence-corrected chi connectivity index (χ3v) is 3.72. The number of carbonyl (C=O) groups is 2. The third kappa shape index (κ3) is 3.26. The van der Waals surface area contributed by atoms with E-state index in [0.717, 1.165) is 5.56 Å². The van der Waals surface area contributed by atoms with Crippen LogP contribution in [0.3, 0.4) is 0 Å². The Kier molecular flexibility index (Phi) is 4.27. The molecule has 5 nitrogen and oxygen atoms in total. The van der Waals surface area contributed by atoms with Gasteiger partial charge in [0.25, 0.3) is 0 Å². The lowest BCUT2D eigenvalue weighted by molar-refractivity contribution is -0.144. The van der Waals surface area contributed by atoms with Crippen LogP contribution in [0.1, 0.15) is 22.8 Å². The zero-order valence-corrected chi connectivity index (χ0v) is 13.4. The molecule has 2 aromatic carbocycles. The van der Waals surface area contributed by atoms with E-state index in [1.807, 2.05) is 0 Å². The molecule has 0 bridgehead atoms. The Morgan fingerprint density at radius 2 is 1.96 bits per heavy atom. The number of ether oxygens (including phenoxy) is 2. The van der Waals surface area contributed by atoms with E-state index in [1.165, 1.54) is 13.0 Å². The maximum atomic E-state index is 12.4. The number of carboxylic acid groups (broad SMARTS) is 1. The average molecular weight is 345 g/mol. The smallest absolute Gasteiger partial charge is 0.344 e. The highest BCUT2D eigenvalue weighted by Crippen LogP contribution is 2.35. The molecular weight excluding hydrogens is 332 g/mol. The van der Waals surface area contributed by atoms with Crippen molar-refractivity contribution in [1.82, 2.24) is 0 Å². The zero-order chi connectivity index (χ0) is 17.3. The molecule has 1 heterocycles. The van der Waals surface area contributed by atoms with Crippen molar-refractivity contribution < 1.29 is 24.2 Å². The van der Waals surface area contributed by atoms with E-state index in [9.17, 15) is 9.59 Å². The molecule has 6 heteroatoms. The average Bonchev–Trinajstić information content (AvgIpc) is 2.85. The van der Waals surface area contributed by atoms with Crippen LogP contribution in [0, 0.1) is 0 Å². The third-order valence-electron chi connectivity index (χ3n) is 3.47. The Labute approximate surface area is 143 Å². The summed E-state index contributed by atoms with van der Waals surface area (Å²) in [6.07, 6.45) is 0.628. The summed E-state index contributed by atoms with van der Waals surface area (Å²) < 4.78 is 10.9. The van der Waals surface area contributed by atoms with Crippen LogP contribution >= 0.6 is 11.6 Å². The summed E-state index contributed by atoms with van der Waals surface area (Å²) in [6, 6.07) is 11.6. The standard InChI is InChI=1S/C18H13ClO5/c1-10(18(21)22)23-13-6-7-14-15(9-13)24-16(17(14)20)8-11-2-4-12(19)5-3-11/h2-10H,1H3,(H,21,22)/b16-8-/t10-/m1/s1. The van der Waals surface area contributed by atoms with Gasteiger partial charge in [-0.2, -0.15) is 0 Å². The van der Waals surface area contributed by atoms with Crippen molar-refractivity contribution in [3.63, 3.8) is 0 Å². The molecule has 0 spiro atoms. The summed E-state index contributed by atoms with van der Waals surface area (Å²) in [5.74, 6) is -0.455. The minimum atomic E-state index is -1.07. The van der Waals surface area contributed by atoms with Crippen molar-refractivity contribution >= 4 is 29.4 Å². The monoisotopic (exact) mass is 344 g/mol. The van der Waals surface area contributed by atoms with Gasteiger partial charge in [-0.25, -0.2) is 4.79 Å². The molecule has 1 aliphatic heterocycles. The number of ketones is 1. The van der Waals surface area contributed by atoms with Gasteiger partial charge in [0.05, 0.1) is 5.56 Å². The topological polar surface area (TPSA) is 72.8 Å². The first kappa shape index (κ1) is 16.1. The van der Waals surface area contributed by atoms with Gasteiger partial charge in [0.1, 0.15) is 11.5 Å². The molecule has 0 saturated carbocycles. The molecule has 0 unspecified atom stereocenters. The number of aliphatic carboxylic acids is 1. The van der Waals surface area contributed by atoms with E-state index in [-0.39, 0.29) is 11.5 Å². The van der Waals surface area contributed by atoms with Crippen LogP contribution in [0.5, 0.6) is 11.5 Å². The summed E-state index contributed by atoms with van der Waals surface area (Å²) in [5, 5.41) is 9.48. The fourth-order valence-corrected chi connectivity index (χ4v) is 2.33. The molecule has 24 heavy (non-hydrogen) atoms. The fourth-order valence-electron chi connectivity index (χ4n) is 2.21. The van der Waals surface area contributed by atoms with Crippen LogP contribution in [0.4, 0.5) is 0 Å². The largest absolute Gasteiger partial charge is 0.479 e. The van der Waals surface area contributed by atoms with E-state index in [4.69, 9.17) is 26.2 Å². The molecule has 1 N–H and O–H groups in total. The summed E-state index contributed by atoms with van der Waals surface area (Å²) in [7, 11) is 0. The molecule has 2 aromatic rings. The first-order chi connectivity index (χ1) is 11.4. The Morgan fingerprint density at radius 1 is 1.25 bits per heavy atom. The SMILES string of the molecule is C[C@@H](Oc1ccc2c(c1)O/C(=C\c1ccc(Cl)cc1)C2=O)C(=O)O. The van der Waals surface area contributed by atoms with Gasteiger partial charge in [0.15, 0.2) is 11.9 Å². The van der Waals surface area contributed by atoms with Crippen LogP contribution in [-0.2, 0) is 4.79 Å². The van der Waals surface area contributed by atoms with Crippen molar-refractivity contribution in [2.45, 2.75) is 13.0 Å². The van der Waals surface area contributed by atoms with E-state index in [2.05, 4.69) is 0 Å². The maximum absolute atomic E-state index is 12.4. The lowest BCUT2D eigenvalue weighted by Gasteiger charge is -2.10. The molecule has 0 fully saturated rings. The fraction of sp³-hybridized carbons (Fsp3) is 0.111. The molecular formula is C18H13ClO5. The van der Waals surface area contributed by atoms with Crippen LogP contribution in [-0.4, -0.2) is 23.0 Å². The lowest BCUT2D eigenvalue weighted by atomic mass is 10.1. The number of rotatable bonds is 4. The van der Waals surface area contributed by atoms with Crippen LogP contribution in [0.2, 0.25) is 5.02 Å². The Morgan fingerprint density at radius 3 is 2.62 bits per heavy atom. The first-order valence-corrected chi connectivity index (χ1v) is 7.55. The van der Waals surface area contributed by atoms with Gasteiger partial charge in [0.2, 0.25) is 5.78 Å². The summed E-state index contributed by atoms with van der Waals surface area (Å²) in [4.78, 5) is 23.2. The summed E-state index contributed by atoms with van der Waals surface area (Å²) >= 11 is 5.84. The van der Waals surface area contributed by atoms with Gasteiger partial charge in [0, 0.05) is 11.1 Å². The van der Waals surface area contributed by atoms with Crippen molar-refractivity contribution in [1.29, 1.82) is 0 Å². The second kappa shape index (κ2) is 6.37. The van der Waals surface area contributed by atoms with Crippen molar-refractivity contribution in [2.24, 2.45) is 0 Å². The van der Waals surface area contributed by atoms with Crippen molar-refractivity contribution in [2.75, 3.05) is 0 Å². The molecule has 3 rings (SSSR count). The molecule has 1 atom stereocenters. The first-order valence-electron chi connectivity index (χ1n) is 7.17. The molecule has 0 saturated heterocycles. The minimum Gasteiger partial charge on any atom is -0.479 e. The number of Topliss-reactive ketones (excluding diaryl/α,β-unsaturated/α-hetero) is 1.